The van der Waals surface area contributed by atoms with Crippen LogP contribution in [0.4, 0.5) is 0 Å². The van der Waals surface area contributed by atoms with Crippen molar-refractivity contribution in [2.45, 2.75) is 0 Å². The maximum Gasteiger partial charge on any atom is 0.266 e. The van der Waals surface area contributed by atoms with E-state index < -0.39 is 0 Å². The zero-order valence-corrected chi connectivity index (χ0v) is 14.0. The highest BCUT2D eigenvalue weighted by molar-refractivity contribution is 7.17. The van der Waals surface area contributed by atoms with Gasteiger partial charge in [-0.1, -0.05) is 24.3 Å². The summed E-state index contributed by atoms with van der Waals surface area (Å²) in [4.78, 5) is 15.1. The van der Waals surface area contributed by atoms with Crippen molar-refractivity contribution < 1.29 is 5.11 Å². The number of aromatic hydroxyl groups is 1. The molecule has 126 valence electrons. The van der Waals surface area contributed by atoms with Gasteiger partial charge >= 0.3 is 0 Å². The molecule has 5 aromatic rings. The summed E-state index contributed by atoms with van der Waals surface area (Å²) in [6, 6.07) is 12.8. The molecule has 3 aromatic heterocycles. The van der Waals surface area contributed by atoms with Crippen LogP contribution in [0.1, 0.15) is 0 Å². The van der Waals surface area contributed by atoms with E-state index in [4.69, 9.17) is 0 Å². The van der Waals surface area contributed by atoms with E-state index in [2.05, 4.69) is 25.6 Å². The number of nitrogens with zero attached hydrogens (tertiary/aromatic N) is 3. The summed E-state index contributed by atoms with van der Waals surface area (Å²) >= 11 is 1.39. The fraction of sp³-hybridized carbons (Fsp3) is 0. The highest BCUT2D eigenvalue weighted by atomic mass is 32.1. The van der Waals surface area contributed by atoms with E-state index >= 15 is 0 Å². The normalized spacial score (nSPS) is 11.4. The van der Waals surface area contributed by atoms with Crippen molar-refractivity contribution in [2.24, 2.45) is 0 Å². The minimum atomic E-state index is -0.119. The van der Waals surface area contributed by atoms with Crippen molar-refractivity contribution in [2.75, 3.05) is 0 Å². The van der Waals surface area contributed by atoms with Crippen molar-refractivity contribution in [1.29, 1.82) is 0 Å². The average Bonchev–Trinajstić information content (AvgIpc) is 3.35. The Morgan fingerprint density at radius 1 is 1.00 bits per heavy atom. The molecule has 0 radical (unpaired) electrons. The lowest BCUT2D eigenvalue weighted by atomic mass is 9.96. The number of H-pyrrole nitrogens is 2. The molecule has 0 aliphatic rings. The molecule has 0 saturated heterocycles. The minimum absolute atomic E-state index is 0.119. The van der Waals surface area contributed by atoms with Crippen LogP contribution in [-0.4, -0.2) is 30.7 Å². The van der Waals surface area contributed by atoms with Crippen molar-refractivity contribution in [3.8, 4) is 28.3 Å². The molecule has 0 aliphatic heterocycles. The molecular formula is C18H11N5O2S. The van der Waals surface area contributed by atoms with Gasteiger partial charge in [0.1, 0.15) is 10.4 Å². The second kappa shape index (κ2) is 5.50. The predicted molar refractivity (Wildman–Crippen MR) is 100 cm³/mol. The van der Waals surface area contributed by atoms with Gasteiger partial charge in [-0.05, 0) is 34.4 Å². The molecule has 0 amide bonds. The van der Waals surface area contributed by atoms with E-state index in [9.17, 15) is 9.90 Å². The minimum Gasteiger partial charge on any atom is -0.507 e. The van der Waals surface area contributed by atoms with Gasteiger partial charge in [-0.25, -0.2) is 0 Å². The first kappa shape index (κ1) is 14.8. The first-order valence-electron chi connectivity index (χ1n) is 7.82. The van der Waals surface area contributed by atoms with Gasteiger partial charge in [0.2, 0.25) is 5.82 Å². The Balaban J connectivity index is 1.80. The number of benzene rings is 2. The smallest absolute Gasteiger partial charge is 0.266 e. The summed E-state index contributed by atoms with van der Waals surface area (Å²) in [6.07, 6.45) is 0. The summed E-state index contributed by atoms with van der Waals surface area (Å²) in [5.74, 6) is 0.660. The Hall–Kier alpha value is -3.52. The molecular weight excluding hydrogens is 350 g/mol. The van der Waals surface area contributed by atoms with Gasteiger partial charge in [-0.3, -0.25) is 4.79 Å². The molecule has 7 nitrogen and oxygen atoms in total. The quantitative estimate of drug-likeness (QED) is 0.447. The number of pyridine rings is 1. The summed E-state index contributed by atoms with van der Waals surface area (Å²) < 4.78 is 0.646. The third kappa shape index (κ3) is 2.12. The van der Waals surface area contributed by atoms with E-state index in [1.54, 1.807) is 12.1 Å². The van der Waals surface area contributed by atoms with Crippen LogP contribution in [0.2, 0.25) is 0 Å². The van der Waals surface area contributed by atoms with Gasteiger partial charge in [0.15, 0.2) is 0 Å². The third-order valence-electron chi connectivity index (χ3n) is 4.35. The number of rotatable bonds is 2. The number of hydrogen-bond donors (Lipinski definition) is 3. The molecule has 2 aromatic carbocycles. The largest absolute Gasteiger partial charge is 0.507 e. The zero-order chi connectivity index (χ0) is 17.7. The number of hydrogen-bond acceptors (Lipinski definition) is 6. The number of phenolic OH excluding ortho intramolecular Hbond substituents is 1. The molecule has 5 rings (SSSR count). The Bertz CT molecular complexity index is 1300. The molecule has 0 unspecified atom stereocenters. The number of aromatic amines is 2. The number of fused-ring (bicyclic) bond motifs is 3. The van der Waals surface area contributed by atoms with Crippen molar-refractivity contribution >= 4 is 32.3 Å². The Labute approximate surface area is 149 Å². The topological polar surface area (TPSA) is 108 Å². The Morgan fingerprint density at radius 3 is 2.58 bits per heavy atom. The fourth-order valence-electron chi connectivity index (χ4n) is 3.20. The van der Waals surface area contributed by atoms with Gasteiger partial charge in [0.05, 0.1) is 0 Å². The summed E-state index contributed by atoms with van der Waals surface area (Å²) in [5, 5.41) is 28.0. The molecule has 3 N–H and O–H groups in total. The van der Waals surface area contributed by atoms with Crippen molar-refractivity contribution in [1.82, 2.24) is 25.6 Å². The van der Waals surface area contributed by atoms with Gasteiger partial charge in [-0.2, -0.15) is 5.21 Å². The maximum atomic E-state index is 12.2. The van der Waals surface area contributed by atoms with Crippen LogP contribution < -0.4 is 5.56 Å². The number of nitrogens with one attached hydrogen (secondary N) is 2. The molecule has 0 saturated carbocycles. The predicted octanol–water partition coefficient (Wildman–Crippen LogP) is 3.30. The van der Waals surface area contributed by atoms with Crippen LogP contribution in [0.25, 0.3) is 43.5 Å². The van der Waals surface area contributed by atoms with Crippen molar-refractivity contribution in [3.05, 3.63) is 58.2 Å². The SMILES string of the molecule is O=c1[nH]c2ccc(O)c(-c3ccc(-c4nn[nH]n4)cc3)c2c2ccsc12. The van der Waals surface area contributed by atoms with Gasteiger partial charge in [-0.15, -0.1) is 21.5 Å². The van der Waals surface area contributed by atoms with Crippen LogP contribution in [0.5, 0.6) is 5.75 Å². The number of thiophene rings is 1. The standard InChI is InChI=1S/C18H11N5O2S/c24-13-6-5-12-15(11-7-8-26-16(11)18(25)19-12)14(13)9-1-3-10(4-2-9)17-20-22-23-21-17/h1-8,24H,(H,19,25)(H,20,21,22,23). The number of tetrazole rings is 1. The lowest BCUT2D eigenvalue weighted by Crippen LogP contribution is -2.04. The zero-order valence-electron chi connectivity index (χ0n) is 13.2. The summed E-state index contributed by atoms with van der Waals surface area (Å²) in [5.41, 5.74) is 2.90. The monoisotopic (exact) mass is 361 g/mol. The fourth-order valence-corrected chi connectivity index (χ4v) is 3.99. The van der Waals surface area contributed by atoms with E-state index in [0.29, 0.717) is 21.6 Å². The van der Waals surface area contributed by atoms with Gasteiger partial charge in [0, 0.05) is 27.4 Å². The van der Waals surface area contributed by atoms with Crippen LogP contribution in [-0.2, 0) is 0 Å². The third-order valence-corrected chi connectivity index (χ3v) is 5.26. The maximum absolute atomic E-state index is 12.2. The molecule has 3 heterocycles. The molecule has 0 spiro atoms. The molecule has 0 bridgehead atoms. The van der Waals surface area contributed by atoms with E-state index in [1.165, 1.54) is 11.3 Å². The second-order valence-corrected chi connectivity index (χ2v) is 6.73. The van der Waals surface area contributed by atoms with Crippen molar-refractivity contribution in [3.63, 3.8) is 0 Å². The van der Waals surface area contributed by atoms with Crippen LogP contribution in [0.3, 0.4) is 0 Å². The van der Waals surface area contributed by atoms with Crippen LogP contribution in [0, 0.1) is 0 Å². The van der Waals surface area contributed by atoms with Gasteiger partial charge in [0.25, 0.3) is 5.56 Å². The Morgan fingerprint density at radius 2 is 1.81 bits per heavy atom. The average molecular weight is 361 g/mol. The second-order valence-electron chi connectivity index (χ2n) is 5.81. The van der Waals surface area contributed by atoms with Gasteiger partial charge < -0.3 is 10.1 Å². The highest BCUT2D eigenvalue weighted by Gasteiger charge is 2.15. The molecule has 0 atom stereocenters. The van der Waals surface area contributed by atoms with Crippen LogP contribution in [0.15, 0.2) is 52.6 Å². The first-order chi connectivity index (χ1) is 12.7. The van der Waals surface area contributed by atoms with E-state index in [1.807, 2.05) is 35.7 Å². The molecule has 26 heavy (non-hydrogen) atoms. The number of phenols is 1. The Kier molecular flexibility index (Phi) is 3.13. The van der Waals surface area contributed by atoms with Crippen LogP contribution >= 0.6 is 11.3 Å². The summed E-state index contributed by atoms with van der Waals surface area (Å²) in [6.45, 7) is 0. The molecule has 0 fully saturated rings. The van der Waals surface area contributed by atoms with E-state index in [0.717, 1.165) is 21.9 Å². The first-order valence-corrected chi connectivity index (χ1v) is 8.70. The highest BCUT2D eigenvalue weighted by Crippen LogP contribution is 2.39. The number of aromatic nitrogens is 5. The lowest BCUT2D eigenvalue weighted by molar-refractivity contribution is 0.478. The molecule has 0 aliphatic carbocycles. The molecule has 8 heteroatoms. The lowest BCUT2D eigenvalue weighted by Gasteiger charge is -2.11. The summed E-state index contributed by atoms with van der Waals surface area (Å²) in [7, 11) is 0. The van der Waals surface area contributed by atoms with E-state index in [-0.39, 0.29) is 11.3 Å².